The topological polar surface area (TPSA) is 68.3 Å². The lowest BCUT2D eigenvalue weighted by Crippen LogP contribution is -2.15. The monoisotopic (exact) mass is 290 g/mol. The molecular formula is C12H20F2N4O2. The van der Waals surface area contributed by atoms with E-state index in [4.69, 9.17) is 9.47 Å². The van der Waals surface area contributed by atoms with E-state index in [1.165, 1.54) is 0 Å². The molecule has 0 fully saturated rings. The van der Waals surface area contributed by atoms with Crippen molar-refractivity contribution in [2.45, 2.75) is 20.0 Å². The van der Waals surface area contributed by atoms with Crippen molar-refractivity contribution >= 4 is 11.6 Å². The van der Waals surface area contributed by atoms with Crippen molar-refractivity contribution in [2.24, 2.45) is 0 Å². The molecule has 1 heterocycles. The van der Waals surface area contributed by atoms with Crippen molar-refractivity contribution in [3.05, 3.63) is 11.9 Å². The second-order valence-corrected chi connectivity index (χ2v) is 3.91. The van der Waals surface area contributed by atoms with Gasteiger partial charge in [-0.1, -0.05) is 0 Å². The molecule has 8 heteroatoms. The molecular weight excluding hydrogens is 270 g/mol. The molecule has 0 spiro atoms. The third-order valence-electron chi connectivity index (χ3n) is 2.20. The first kappa shape index (κ1) is 16.5. The van der Waals surface area contributed by atoms with Gasteiger partial charge in [0.15, 0.2) is 5.82 Å². The number of methoxy groups -OCH3 is 1. The lowest BCUT2D eigenvalue weighted by atomic mass is 10.4. The van der Waals surface area contributed by atoms with E-state index in [0.717, 1.165) is 6.54 Å². The van der Waals surface area contributed by atoms with Crippen LogP contribution in [0.5, 0.6) is 0 Å². The quantitative estimate of drug-likeness (QED) is 0.640. The summed E-state index contributed by atoms with van der Waals surface area (Å²) < 4.78 is 33.5. The van der Waals surface area contributed by atoms with Crippen LogP contribution in [-0.4, -0.2) is 49.8 Å². The molecule has 0 bridgehead atoms. The van der Waals surface area contributed by atoms with Crippen LogP contribution in [0.3, 0.4) is 0 Å². The van der Waals surface area contributed by atoms with Gasteiger partial charge in [0.1, 0.15) is 24.8 Å². The summed E-state index contributed by atoms with van der Waals surface area (Å²) in [7, 11) is 1.56. The molecule has 0 aromatic carbocycles. The minimum absolute atomic E-state index is 0.185. The predicted octanol–water partition coefficient (Wildman–Crippen LogP) is 1.75. The van der Waals surface area contributed by atoms with Crippen LogP contribution in [0.15, 0.2) is 6.07 Å². The van der Waals surface area contributed by atoms with Crippen molar-refractivity contribution in [1.29, 1.82) is 0 Å². The van der Waals surface area contributed by atoms with E-state index < -0.39 is 13.0 Å². The first-order valence-corrected chi connectivity index (χ1v) is 6.36. The van der Waals surface area contributed by atoms with Crippen molar-refractivity contribution in [3.63, 3.8) is 0 Å². The molecule has 0 amide bonds. The number of aromatic nitrogens is 2. The minimum Gasteiger partial charge on any atom is -0.377 e. The maximum absolute atomic E-state index is 11.9. The molecule has 20 heavy (non-hydrogen) atoms. The highest BCUT2D eigenvalue weighted by molar-refractivity contribution is 5.47. The molecule has 0 aliphatic rings. The van der Waals surface area contributed by atoms with E-state index in [2.05, 4.69) is 20.6 Å². The van der Waals surface area contributed by atoms with Gasteiger partial charge in [0.2, 0.25) is 0 Å². The summed E-state index contributed by atoms with van der Waals surface area (Å²) in [6.07, 6.45) is -2.44. The summed E-state index contributed by atoms with van der Waals surface area (Å²) >= 11 is 0. The molecule has 1 aromatic rings. The number of hydrogen-bond acceptors (Lipinski definition) is 6. The molecule has 0 saturated carbocycles. The van der Waals surface area contributed by atoms with E-state index >= 15 is 0 Å². The third kappa shape index (κ3) is 6.58. The highest BCUT2D eigenvalue weighted by Crippen LogP contribution is 2.11. The number of anilines is 2. The fourth-order valence-electron chi connectivity index (χ4n) is 1.48. The Kier molecular flexibility index (Phi) is 7.74. The summed E-state index contributed by atoms with van der Waals surface area (Å²) in [6, 6.07) is 1.75. The van der Waals surface area contributed by atoms with Gasteiger partial charge in [-0.05, 0) is 6.92 Å². The molecule has 0 saturated heterocycles. The molecule has 0 atom stereocenters. The highest BCUT2D eigenvalue weighted by Gasteiger charge is 2.05. The Labute approximate surface area is 116 Å². The van der Waals surface area contributed by atoms with Crippen LogP contribution >= 0.6 is 0 Å². The van der Waals surface area contributed by atoms with Gasteiger partial charge in [-0.25, -0.2) is 18.7 Å². The number of nitrogens with zero attached hydrogens (tertiary/aromatic N) is 2. The summed E-state index contributed by atoms with van der Waals surface area (Å²) in [5.41, 5.74) is 0. The van der Waals surface area contributed by atoms with Gasteiger partial charge in [-0.15, -0.1) is 0 Å². The number of ether oxygens (including phenoxy) is 2. The van der Waals surface area contributed by atoms with Crippen LogP contribution in [0, 0.1) is 0 Å². The Hall–Kier alpha value is -1.54. The number of alkyl halides is 2. The first-order valence-electron chi connectivity index (χ1n) is 6.36. The fourth-order valence-corrected chi connectivity index (χ4v) is 1.48. The zero-order chi connectivity index (χ0) is 14.8. The molecule has 2 N–H and O–H groups in total. The average molecular weight is 290 g/mol. The molecule has 0 radical (unpaired) electrons. The Morgan fingerprint density at radius 1 is 1.25 bits per heavy atom. The number of rotatable bonds is 10. The molecule has 114 valence electrons. The lowest BCUT2D eigenvalue weighted by Gasteiger charge is -2.10. The molecule has 0 aliphatic heterocycles. The maximum Gasteiger partial charge on any atom is 0.261 e. The SMILES string of the molecule is CCNc1cc(NCCOCC(F)F)nc(COC)n1. The van der Waals surface area contributed by atoms with Gasteiger partial charge in [0.05, 0.1) is 6.61 Å². The summed E-state index contributed by atoms with van der Waals surface area (Å²) in [5.74, 6) is 1.83. The van der Waals surface area contributed by atoms with Crippen LogP contribution in [0.2, 0.25) is 0 Å². The van der Waals surface area contributed by atoms with Crippen molar-refractivity contribution in [3.8, 4) is 0 Å². The van der Waals surface area contributed by atoms with Gasteiger partial charge in [0, 0.05) is 26.3 Å². The second kappa shape index (κ2) is 9.38. The summed E-state index contributed by atoms with van der Waals surface area (Å²) in [6.45, 7) is 3.02. The lowest BCUT2D eigenvalue weighted by molar-refractivity contribution is 0.0215. The fraction of sp³-hybridized carbons (Fsp3) is 0.667. The van der Waals surface area contributed by atoms with Crippen LogP contribution in [0.4, 0.5) is 20.4 Å². The average Bonchev–Trinajstić information content (AvgIpc) is 2.38. The smallest absolute Gasteiger partial charge is 0.261 e. The minimum atomic E-state index is -2.44. The zero-order valence-corrected chi connectivity index (χ0v) is 11.7. The number of halogens is 2. The van der Waals surface area contributed by atoms with Crippen LogP contribution in [0.25, 0.3) is 0 Å². The largest absolute Gasteiger partial charge is 0.377 e. The van der Waals surface area contributed by atoms with Gasteiger partial charge >= 0.3 is 0 Å². The third-order valence-corrected chi connectivity index (χ3v) is 2.20. The van der Waals surface area contributed by atoms with Gasteiger partial charge in [-0.3, -0.25) is 0 Å². The van der Waals surface area contributed by atoms with E-state index in [9.17, 15) is 8.78 Å². The molecule has 6 nitrogen and oxygen atoms in total. The normalized spacial score (nSPS) is 10.8. The van der Waals surface area contributed by atoms with E-state index in [0.29, 0.717) is 30.6 Å². The molecule has 1 rings (SSSR count). The summed E-state index contributed by atoms with van der Waals surface area (Å²) in [4.78, 5) is 8.51. The van der Waals surface area contributed by atoms with Gasteiger partial charge < -0.3 is 20.1 Å². The highest BCUT2D eigenvalue weighted by atomic mass is 19.3. The maximum atomic E-state index is 11.9. The molecule has 0 aliphatic carbocycles. The predicted molar refractivity (Wildman–Crippen MR) is 72.2 cm³/mol. The Bertz CT molecular complexity index is 369. The van der Waals surface area contributed by atoms with Crippen molar-refractivity contribution in [1.82, 2.24) is 9.97 Å². The van der Waals surface area contributed by atoms with Crippen LogP contribution in [-0.2, 0) is 16.1 Å². The van der Waals surface area contributed by atoms with Crippen molar-refractivity contribution in [2.75, 3.05) is 44.0 Å². The standard InChI is InChI=1S/C12H20F2N4O2/c1-3-15-10-6-11(18-12(17-10)8-19-2)16-4-5-20-7-9(13)14/h6,9H,3-5,7-8H2,1-2H3,(H2,15,16,17,18). The van der Waals surface area contributed by atoms with E-state index in [1.807, 2.05) is 6.92 Å². The second-order valence-electron chi connectivity index (χ2n) is 3.91. The van der Waals surface area contributed by atoms with Crippen molar-refractivity contribution < 1.29 is 18.3 Å². The van der Waals surface area contributed by atoms with Gasteiger partial charge in [-0.2, -0.15) is 0 Å². The number of nitrogens with one attached hydrogen (secondary N) is 2. The molecule has 0 unspecified atom stereocenters. The Morgan fingerprint density at radius 2 is 1.95 bits per heavy atom. The summed E-state index contributed by atoms with van der Waals surface area (Å²) in [5, 5.41) is 6.09. The number of hydrogen-bond donors (Lipinski definition) is 2. The Balaban J connectivity index is 2.50. The van der Waals surface area contributed by atoms with E-state index in [1.54, 1.807) is 13.2 Å². The first-order chi connectivity index (χ1) is 9.65. The van der Waals surface area contributed by atoms with Gasteiger partial charge in [0.25, 0.3) is 6.43 Å². The van der Waals surface area contributed by atoms with Crippen LogP contribution < -0.4 is 10.6 Å². The zero-order valence-electron chi connectivity index (χ0n) is 11.7. The Morgan fingerprint density at radius 3 is 2.55 bits per heavy atom. The van der Waals surface area contributed by atoms with E-state index in [-0.39, 0.29) is 6.61 Å². The van der Waals surface area contributed by atoms with Crippen LogP contribution in [0.1, 0.15) is 12.7 Å². The molecule has 1 aromatic heterocycles.